The summed E-state index contributed by atoms with van der Waals surface area (Å²) in [5, 5.41) is 37.2. The number of hydrogen-bond donors (Lipinski definition) is 5. The average molecular weight is 343 g/mol. The number of likely N-dealkylation sites (N-methyl/N-ethyl adjacent to an activating group) is 2. The third-order valence-corrected chi connectivity index (χ3v) is 4.93. The number of ether oxygens (including phenoxy) is 3. The number of hydrogen-bond acceptors (Lipinski definition) is 9. The number of carbonyl (C=O) groups is 1. The Morgan fingerprint density at radius 1 is 1.08 bits per heavy atom. The topological polar surface area (TPSA) is 130 Å². The summed E-state index contributed by atoms with van der Waals surface area (Å²) < 4.78 is 16.8. The molecule has 0 bridgehead atoms. The van der Waals surface area contributed by atoms with Crippen molar-refractivity contribution in [2.45, 2.75) is 68.0 Å². The smallest absolute Gasteiger partial charge is 0.280 e. The van der Waals surface area contributed by atoms with E-state index in [-0.39, 0.29) is 14.8 Å². The summed E-state index contributed by atoms with van der Waals surface area (Å²) in [7, 11) is 3.24. The van der Waals surface area contributed by atoms with Crippen molar-refractivity contribution in [1.82, 2.24) is 10.6 Å². The monoisotopic (exact) mass is 343 g/mol. The molecule has 0 spiro atoms. The van der Waals surface area contributed by atoms with Crippen LogP contribution in [0.2, 0.25) is 0 Å². The van der Waals surface area contributed by atoms with Crippen LogP contribution in [0, 0.1) is 0 Å². The Morgan fingerprint density at radius 2 is 1.71 bits per heavy atom. The van der Waals surface area contributed by atoms with E-state index < -0.39 is 60.5 Å². The van der Waals surface area contributed by atoms with Crippen LogP contribution in [-0.2, 0) is 19.0 Å². The number of aliphatic hydroxyl groups excluding tert-OH is 2. The van der Waals surface area contributed by atoms with E-state index in [0.29, 0.717) is 0 Å². The zero-order chi connectivity index (χ0) is 16.9. The van der Waals surface area contributed by atoms with E-state index in [4.69, 9.17) is 14.2 Å². The zero-order valence-corrected chi connectivity index (χ0v) is 13.9. The predicted molar refractivity (Wildman–Crippen MR) is 82.1 cm³/mol. The lowest BCUT2D eigenvalue weighted by atomic mass is 9.80. The molecule has 2 saturated heterocycles. The first-order chi connectivity index (χ1) is 10.8. The van der Waals surface area contributed by atoms with E-state index >= 15 is 0 Å². The quantitative estimate of drug-likeness (QED) is 0.327. The Bertz CT molecular complexity index is 484. The van der Waals surface area contributed by atoms with Crippen molar-refractivity contribution in [2.24, 2.45) is 0 Å². The van der Waals surface area contributed by atoms with E-state index in [9.17, 15) is 20.1 Å². The first-order valence-corrected chi connectivity index (χ1v) is 7.78. The van der Waals surface area contributed by atoms with Gasteiger partial charge in [0.15, 0.2) is 5.78 Å². The SMILES string of the molecule is CN[C@@H]1[C@H](O)[C@H](NC)[C@H]2O[C@@]3(O)C(=O)C[C@@H](C)O[C@H]3O[C@@H]2[C@H]1O.[B]. The van der Waals surface area contributed by atoms with Crippen molar-refractivity contribution in [3.63, 3.8) is 0 Å². The van der Waals surface area contributed by atoms with Gasteiger partial charge in [-0.05, 0) is 21.0 Å². The molecule has 2 aliphatic heterocycles. The minimum absolute atomic E-state index is 0. The first-order valence-electron chi connectivity index (χ1n) is 7.78. The molecule has 1 aliphatic carbocycles. The lowest BCUT2D eigenvalue weighted by Crippen LogP contribution is -2.77. The van der Waals surface area contributed by atoms with Gasteiger partial charge in [-0.15, -0.1) is 0 Å². The predicted octanol–water partition coefficient (Wildman–Crippen LogP) is -3.31. The van der Waals surface area contributed by atoms with Crippen molar-refractivity contribution in [2.75, 3.05) is 14.1 Å². The summed E-state index contributed by atoms with van der Waals surface area (Å²) in [5.41, 5.74) is 0. The van der Waals surface area contributed by atoms with Gasteiger partial charge >= 0.3 is 0 Å². The molecule has 9 atom stereocenters. The largest absolute Gasteiger partial charge is 0.390 e. The van der Waals surface area contributed by atoms with Gasteiger partial charge in [-0.2, -0.15) is 0 Å². The fourth-order valence-electron chi connectivity index (χ4n) is 3.68. The molecule has 0 amide bonds. The Hall–Kier alpha value is -0.585. The van der Waals surface area contributed by atoms with Crippen molar-refractivity contribution in [3.05, 3.63) is 0 Å². The molecule has 0 aromatic rings. The van der Waals surface area contributed by atoms with E-state index in [1.54, 1.807) is 21.0 Å². The number of ketones is 1. The molecule has 3 radical (unpaired) electrons. The van der Waals surface area contributed by atoms with Gasteiger partial charge in [-0.3, -0.25) is 4.79 Å². The standard InChI is InChI=1S/C14H24N2O7.B/c1-5-4-6(17)14(20)13(21-5)22-12-10(19)7(15-2)9(18)8(16-3)11(12)23-14;/h5,7-13,15-16,18-20H,4H2,1-3H3;/t5-,7-,8+,9+,10+,11-,12-,13+,14+;/m1./s1. The van der Waals surface area contributed by atoms with E-state index in [2.05, 4.69) is 10.6 Å². The number of aliphatic hydroxyl groups is 3. The maximum Gasteiger partial charge on any atom is 0.280 e. The third-order valence-electron chi connectivity index (χ3n) is 4.93. The van der Waals surface area contributed by atoms with Crippen LogP contribution in [0.1, 0.15) is 13.3 Å². The fraction of sp³-hybridized carbons (Fsp3) is 0.929. The van der Waals surface area contributed by atoms with Crippen molar-refractivity contribution in [3.8, 4) is 0 Å². The Labute approximate surface area is 142 Å². The summed E-state index contributed by atoms with van der Waals surface area (Å²) in [4.78, 5) is 12.2. The van der Waals surface area contributed by atoms with Gasteiger partial charge in [0, 0.05) is 14.8 Å². The summed E-state index contributed by atoms with van der Waals surface area (Å²) >= 11 is 0. The molecule has 10 heteroatoms. The van der Waals surface area contributed by atoms with Crippen molar-refractivity contribution in [1.29, 1.82) is 0 Å². The average Bonchev–Trinajstić information content (AvgIpc) is 2.49. The molecule has 24 heavy (non-hydrogen) atoms. The second-order valence-corrected chi connectivity index (χ2v) is 6.40. The maximum absolute atomic E-state index is 12.2. The minimum atomic E-state index is -2.23. The van der Waals surface area contributed by atoms with Crippen LogP contribution in [0.15, 0.2) is 0 Å². The van der Waals surface area contributed by atoms with Gasteiger partial charge in [-0.1, -0.05) is 0 Å². The molecule has 0 aromatic carbocycles. The highest BCUT2D eigenvalue weighted by Crippen LogP contribution is 2.40. The van der Waals surface area contributed by atoms with E-state index in [1.165, 1.54) is 0 Å². The molecule has 5 N–H and O–H groups in total. The first kappa shape index (κ1) is 19.7. The Balaban J connectivity index is 0.00000208. The van der Waals surface area contributed by atoms with Crippen LogP contribution in [0.3, 0.4) is 0 Å². The van der Waals surface area contributed by atoms with Crippen LogP contribution in [-0.4, -0.2) is 98.3 Å². The maximum atomic E-state index is 12.2. The highest BCUT2D eigenvalue weighted by atomic mass is 16.8. The summed E-state index contributed by atoms with van der Waals surface area (Å²) in [5.74, 6) is -2.76. The minimum Gasteiger partial charge on any atom is -0.390 e. The number of rotatable bonds is 2. The molecule has 2 heterocycles. The Morgan fingerprint density at radius 3 is 2.29 bits per heavy atom. The molecule has 135 valence electrons. The molecule has 1 saturated carbocycles. The van der Waals surface area contributed by atoms with Crippen LogP contribution in [0.5, 0.6) is 0 Å². The van der Waals surface area contributed by atoms with Gasteiger partial charge < -0.3 is 40.2 Å². The van der Waals surface area contributed by atoms with Gasteiger partial charge in [0.05, 0.1) is 24.3 Å². The number of nitrogens with one attached hydrogen (secondary N) is 2. The van der Waals surface area contributed by atoms with E-state index in [1.807, 2.05) is 0 Å². The normalized spacial score (nSPS) is 51.3. The molecule has 3 fully saturated rings. The second-order valence-electron chi connectivity index (χ2n) is 6.40. The van der Waals surface area contributed by atoms with Gasteiger partial charge in [-0.25, -0.2) is 0 Å². The molecule has 0 unspecified atom stereocenters. The highest BCUT2D eigenvalue weighted by molar-refractivity contribution is 5.87. The molecule has 3 rings (SSSR count). The molecular formula is C14H24BN2O7. The van der Waals surface area contributed by atoms with E-state index in [0.717, 1.165) is 0 Å². The molecule has 0 aromatic heterocycles. The number of carbonyl (C=O) groups excluding carboxylic acids is 1. The molecule has 3 aliphatic rings. The summed E-state index contributed by atoms with van der Waals surface area (Å²) in [6.07, 6.45) is -5.58. The second kappa shape index (κ2) is 6.97. The highest BCUT2D eigenvalue weighted by Gasteiger charge is 2.63. The lowest BCUT2D eigenvalue weighted by molar-refractivity contribution is -0.420. The number of fused-ring (bicyclic) bond motifs is 2. The van der Waals surface area contributed by atoms with Crippen LogP contribution < -0.4 is 10.6 Å². The molecule has 9 nitrogen and oxygen atoms in total. The molecular weight excluding hydrogens is 319 g/mol. The van der Waals surface area contributed by atoms with Crippen LogP contribution >= 0.6 is 0 Å². The van der Waals surface area contributed by atoms with Gasteiger partial charge in [0.1, 0.15) is 18.3 Å². The van der Waals surface area contributed by atoms with Crippen LogP contribution in [0.25, 0.3) is 0 Å². The summed E-state index contributed by atoms with van der Waals surface area (Å²) in [6, 6.07) is -1.29. The van der Waals surface area contributed by atoms with Crippen LogP contribution in [0.4, 0.5) is 0 Å². The Kier molecular flexibility index (Phi) is 5.73. The fourth-order valence-corrected chi connectivity index (χ4v) is 3.68. The summed E-state index contributed by atoms with van der Waals surface area (Å²) in [6.45, 7) is 1.70. The lowest BCUT2D eigenvalue weighted by Gasteiger charge is -2.55. The van der Waals surface area contributed by atoms with Crippen molar-refractivity contribution >= 4 is 14.2 Å². The van der Waals surface area contributed by atoms with Crippen molar-refractivity contribution < 1.29 is 34.3 Å². The van der Waals surface area contributed by atoms with Gasteiger partial charge in [0.2, 0.25) is 6.29 Å². The third kappa shape index (κ3) is 2.80. The van der Waals surface area contributed by atoms with Gasteiger partial charge in [0.25, 0.3) is 5.79 Å². The zero-order valence-electron chi connectivity index (χ0n) is 13.9. The number of Topliss-reactive ketones (excluding diaryl/α,β-unsaturated/α-hetero) is 1.